The summed E-state index contributed by atoms with van der Waals surface area (Å²) in [7, 11) is 0. The molecule has 1 N–H and O–H groups in total. The highest BCUT2D eigenvalue weighted by atomic mass is 14.9. The molecule has 1 atom stereocenters. The molecule has 21 heavy (non-hydrogen) atoms. The summed E-state index contributed by atoms with van der Waals surface area (Å²) in [6, 6.07) is 0.788. The first-order valence-electron chi connectivity index (χ1n) is 9.89. The second kappa shape index (κ2) is 6.60. The van der Waals surface area contributed by atoms with Gasteiger partial charge < -0.3 is 5.32 Å². The Hall–Kier alpha value is -0.0400. The smallest absolute Gasteiger partial charge is 0.00748 e. The summed E-state index contributed by atoms with van der Waals surface area (Å²) in [5, 5.41) is 3.86. The van der Waals surface area contributed by atoms with Gasteiger partial charge in [0.2, 0.25) is 0 Å². The number of rotatable bonds is 8. The van der Waals surface area contributed by atoms with Crippen LogP contribution in [0.5, 0.6) is 0 Å². The Morgan fingerprint density at radius 1 is 0.905 bits per heavy atom. The second-order valence-electron chi connectivity index (χ2n) is 8.79. The van der Waals surface area contributed by atoms with E-state index in [-0.39, 0.29) is 0 Å². The third-order valence-corrected chi connectivity index (χ3v) is 7.11. The molecule has 0 aromatic carbocycles. The van der Waals surface area contributed by atoms with Gasteiger partial charge in [0.25, 0.3) is 0 Å². The minimum Gasteiger partial charge on any atom is -0.314 e. The van der Waals surface area contributed by atoms with Crippen molar-refractivity contribution < 1.29 is 0 Å². The number of hydrogen-bond acceptors (Lipinski definition) is 1. The zero-order valence-electron chi connectivity index (χ0n) is 14.7. The van der Waals surface area contributed by atoms with Crippen LogP contribution in [0.15, 0.2) is 0 Å². The van der Waals surface area contributed by atoms with Crippen LogP contribution in [-0.2, 0) is 0 Å². The van der Waals surface area contributed by atoms with E-state index in [1.807, 2.05) is 0 Å². The molecule has 0 saturated heterocycles. The van der Waals surface area contributed by atoms with Crippen molar-refractivity contribution >= 4 is 0 Å². The molecule has 0 heterocycles. The van der Waals surface area contributed by atoms with Gasteiger partial charge in [-0.3, -0.25) is 0 Å². The summed E-state index contributed by atoms with van der Waals surface area (Å²) in [6.45, 7) is 8.19. The highest BCUT2D eigenvalue weighted by Gasteiger charge is 2.51. The average Bonchev–Trinajstić information content (AvgIpc) is 2.43. The molecule has 4 saturated carbocycles. The third-order valence-electron chi connectivity index (χ3n) is 7.11. The van der Waals surface area contributed by atoms with Gasteiger partial charge in [-0.1, -0.05) is 33.6 Å². The van der Waals surface area contributed by atoms with E-state index in [2.05, 4.69) is 26.1 Å². The zero-order valence-corrected chi connectivity index (χ0v) is 14.7. The highest BCUT2D eigenvalue weighted by molar-refractivity contribution is 5.02. The predicted molar refractivity (Wildman–Crippen MR) is 91.4 cm³/mol. The van der Waals surface area contributed by atoms with Crippen molar-refractivity contribution in [2.24, 2.45) is 29.1 Å². The first-order chi connectivity index (χ1) is 10.2. The number of nitrogens with one attached hydrogen (secondary N) is 1. The maximum atomic E-state index is 3.86. The van der Waals surface area contributed by atoms with E-state index < -0.39 is 0 Å². The lowest BCUT2D eigenvalue weighted by atomic mass is 9.48. The van der Waals surface area contributed by atoms with E-state index in [1.165, 1.54) is 25.7 Å². The molecule has 122 valence electrons. The van der Waals surface area contributed by atoms with Crippen LogP contribution in [0.25, 0.3) is 0 Å². The molecule has 4 rings (SSSR count). The summed E-state index contributed by atoms with van der Waals surface area (Å²) >= 11 is 0. The maximum Gasteiger partial charge on any atom is 0.00748 e. The topological polar surface area (TPSA) is 12.0 Å². The lowest BCUT2D eigenvalue weighted by Crippen LogP contribution is -2.49. The highest BCUT2D eigenvalue weighted by Crippen LogP contribution is 2.61. The summed E-state index contributed by atoms with van der Waals surface area (Å²) in [5.41, 5.74) is 0.744. The molecule has 0 spiro atoms. The van der Waals surface area contributed by atoms with E-state index in [0.29, 0.717) is 0 Å². The van der Waals surface area contributed by atoms with E-state index in [1.54, 1.807) is 38.5 Å². The monoisotopic (exact) mass is 291 g/mol. The SMILES string of the molecule is CCNC(CC(CC)CC)CC12CC3CC(CC(C3)C1)C2. The molecular weight excluding hydrogens is 254 g/mol. The van der Waals surface area contributed by atoms with Gasteiger partial charge in [0, 0.05) is 6.04 Å². The fraction of sp³-hybridized carbons (Fsp3) is 1.00. The second-order valence-corrected chi connectivity index (χ2v) is 8.79. The van der Waals surface area contributed by atoms with Gasteiger partial charge in [0.05, 0.1) is 0 Å². The quantitative estimate of drug-likeness (QED) is 0.631. The van der Waals surface area contributed by atoms with E-state index >= 15 is 0 Å². The van der Waals surface area contributed by atoms with Crippen molar-refractivity contribution in [2.45, 2.75) is 91.0 Å². The Morgan fingerprint density at radius 2 is 1.43 bits per heavy atom. The van der Waals surface area contributed by atoms with Gasteiger partial charge >= 0.3 is 0 Å². The van der Waals surface area contributed by atoms with E-state index in [0.717, 1.165) is 41.7 Å². The third kappa shape index (κ3) is 3.49. The molecule has 0 aromatic heterocycles. The zero-order chi connectivity index (χ0) is 14.9. The Kier molecular flexibility index (Phi) is 4.98. The molecule has 0 radical (unpaired) electrons. The predicted octanol–water partition coefficient (Wildman–Crippen LogP) is 5.40. The molecule has 0 aliphatic heterocycles. The first kappa shape index (κ1) is 15.8. The molecule has 4 fully saturated rings. The van der Waals surface area contributed by atoms with Gasteiger partial charge in [-0.05, 0) is 87.0 Å². The van der Waals surface area contributed by atoms with Crippen molar-refractivity contribution in [3.8, 4) is 0 Å². The van der Waals surface area contributed by atoms with Crippen LogP contribution in [0, 0.1) is 29.1 Å². The van der Waals surface area contributed by atoms with Crippen LogP contribution in [0.2, 0.25) is 0 Å². The molecule has 1 unspecified atom stereocenters. The molecule has 0 amide bonds. The lowest BCUT2D eigenvalue weighted by Gasteiger charge is -2.58. The van der Waals surface area contributed by atoms with Crippen molar-refractivity contribution in [2.75, 3.05) is 6.54 Å². The van der Waals surface area contributed by atoms with E-state index in [4.69, 9.17) is 0 Å². The average molecular weight is 292 g/mol. The molecule has 4 aliphatic carbocycles. The Morgan fingerprint density at radius 3 is 1.86 bits per heavy atom. The molecule has 4 bridgehead atoms. The van der Waals surface area contributed by atoms with Crippen molar-refractivity contribution in [1.82, 2.24) is 5.32 Å². The van der Waals surface area contributed by atoms with Crippen LogP contribution in [-0.4, -0.2) is 12.6 Å². The largest absolute Gasteiger partial charge is 0.314 e. The minimum absolute atomic E-state index is 0.744. The molecule has 1 heteroatoms. The molecular formula is C20H37N. The van der Waals surface area contributed by atoms with Crippen LogP contribution < -0.4 is 5.32 Å². The Balaban J connectivity index is 1.64. The fourth-order valence-electron chi connectivity index (χ4n) is 6.61. The Bertz CT molecular complexity index is 295. The summed E-state index contributed by atoms with van der Waals surface area (Å²) < 4.78 is 0. The van der Waals surface area contributed by atoms with Crippen LogP contribution in [0.3, 0.4) is 0 Å². The molecule has 4 aliphatic rings. The van der Waals surface area contributed by atoms with Crippen LogP contribution >= 0.6 is 0 Å². The van der Waals surface area contributed by atoms with Crippen LogP contribution in [0.1, 0.15) is 85.0 Å². The minimum atomic E-state index is 0.744. The number of hydrogen-bond donors (Lipinski definition) is 1. The van der Waals surface area contributed by atoms with Crippen molar-refractivity contribution in [1.29, 1.82) is 0 Å². The van der Waals surface area contributed by atoms with Gasteiger partial charge in [0.1, 0.15) is 0 Å². The van der Waals surface area contributed by atoms with Gasteiger partial charge in [-0.2, -0.15) is 0 Å². The standard InChI is InChI=1S/C20H37N/c1-4-15(5-2)10-19(21-6-3)14-20-11-16-7-17(12-20)9-18(8-16)13-20/h15-19,21H,4-14H2,1-3H3. The van der Waals surface area contributed by atoms with E-state index in [9.17, 15) is 0 Å². The summed E-state index contributed by atoms with van der Waals surface area (Å²) in [4.78, 5) is 0. The summed E-state index contributed by atoms with van der Waals surface area (Å²) in [5.74, 6) is 4.24. The Labute approximate surface area is 132 Å². The van der Waals surface area contributed by atoms with Gasteiger partial charge in [0.15, 0.2) is 0 Å². The lowest BCUT2D eigenvalue weighted by molar-refractivity contribution is -0.0630. The van der Waals surface area contributed by atoms with Crippen molar-refractivity contribution in [3.63, 3.8) is 0 Å². The normalized spacial score (nSPS) is 39.1. The van der Waals surface area contributed by atoms with Crippen LogP contribution in [0.4, 0.5) is 0 Å². The summed E-state index contributed by atoms with van der Waals surface area (Å²) in [6.07, 6.45) is 15.1. The van der Waals surface area contributed by atoms with Gasteiger partial charge in [-0.25, -0.2) is 0 Å². The molecule has 1 nitrogen and oxygen atoms in total. The van der Waals surface area contributed by atoms with Crippen molar-refractivity contribution in [3.05, 3.63) is 0 Å². The first-order valence-corrected chi connectivity index (χ1v) is 9.89. The fourth-order valence-corrected chi connectivity index (χ4v) is 6.61. The van der Waals surface area contributed by atoms with Gasteiger partial charge in [-0.15, -0.1) is 0 Å². The maximum absolute atomic E-state index is 3.86. The molecule has 0 aromatic rings.